The molecule has 5 heteroatoms. The molecular formula is C10H10F2N2S. The molecule has 0 spiro atoms. The third-order valence-electron chi connectivity index (χ3n) is 2.00. The number of hydrogen-bond donors (Lipinski definition) is 1. The summed E-state index contributed by atoms with van der Waals surface area (Å²) in [5.74, 6) is -1.20. The van der Waals surface area contributed by atoms with E-state index in [1.165, 1.54) is 30.0 Å². The van der Waals surface area contributed by atoms with Crippen molar-refractivity contribution in [3.8, 4) is 0 Å². The second-order valence-electron chi connectivity index (χ2n) is 3.30. The molecule has 1 unspecified atom stereocenters. The third-order valence-corrected chi connectivity index (χ3v) is 3.01. The first-order valence-corrected chi connectivity index (χ1v) is 5.47. The molecule has 2 nitrogen and oxygen atoms in total. The van der Waals surface area contributed by atoms with E-state index in [0.29, 0.717) is 17.0 Å². The number of nitrogens with zero attached hydrogens (tertiary/aromatic N) is 1. The molecule has 0 saturated heterocycles. The minimum absolute atomic E-state index is 0.127. The van der Waals surface area contributed by atoms with Crippen LogP contribution in [0.15, 0.2) is 23.2 Å². The van der Waals surface area contributed by atoms with Crippen LogP contribution in [0.1, 0.15) is 6.92 Å². The number of rotatable bonds is 1. The average molecular weight is 228 g/mol. The van der Waals surface area contributed by atoms with Crippen molar-refractivity contribution in [2.45, 2.75) is 12.2 Å². The summed E-state index contributed by atoms with van der Waals surface area (Å²) in [4.78, 5) is 4.13. The van der Waals surface area contributed by atoms with Gasteiger partial charge < -0.3 is 5.32 Å². The van der Waals surface area contributed by atoms with E-state index in [1.807, 2.05) is 6.92 Å². The van der Waals surface area contributed by atoms with E-state index in [-0.39, 0.29) is 5.69 Å². The van der Waals surface area contributed by atoms with Crippen LogP contribution in [0, 0.1) is 11.6 Å². The standard InChI is InChI=1S/C10H10F2N2S/c1-6-5-13-10(15-6)14-9-7(11)3-2-4-8(9)12/h2-4,6H,5H2,1H3,(H,13,14). The maximum absolute atomic E-state index is 13.2. The van der Waals surface area contributed by atoms with E-state index in [2.05, 4.69) is 10.3 Å². The zero-order valence-electron chi connectivity index (χ0n) is 8.13. The summed E-state index contributed by atoms with van der Waals surface area (Å²) < 4.78 is 26.5. The molecule has 1 aliphatic rings. The predicted octanol–water partition coefficient (Wildman–Crippen LogP) is 2.87. The van der Waals surface area contributed by atoms with E-state index in [9.17, 15) is 8.78 Å². The van der Waals surface area contributed by atoms with Crippen molar-refractivity contribution >= 4 is 22.6 Å². The first-order valence-electron chi connectivity index (χ1n) is 4.59. The maximum atomic E-state index is 13.2. The van der Waals surface area contributed by atoms with Crippen molar-refractivity contribution in [3.05, 3.63) is 29.8 Å². The molecule has 1 heterocycles. The number of hydrogen-bond acceptors (Lipinski definition) is 3. The molecule has 0 amide bonds. The molecule has 1 aromatic rings. The average Bonchev–Trinajstić information content (AvgIpc) is 2.58. The fraction of sp³-hybridized carbons (Fsp3) is 0.300. The van der Waals surface area contributed by atoms with Crippen LogP contribution in [-0.4, -0.2) is 17.0 Å². The Balaban J connectivity index is 2.18. The summed E-state index contributed by atoms with van der Waals surface area (Å²) in [7, 11) is 0. The minimum Gasteiger partial charge on any atom is -0.330 e. The van der Waals surface area contributed by atoms with Gasteiger partial charge in [-0.1, -0.05) is 24.8 Å². The van der Waals surface area contributed by atoms with E-state index in [1.54, 1.807) is 0 Å². The van der Waals surface area contributed by atoms with Crippen molar-refractivity contribution in [1.29, 1.82) is 0 Å². The monoisotopic (exact) mass is 228 g/mol. The number of halogens is 2. The van der Waals surface area contributed by atoms with Crippen LogP contribution in [0.3, 0.4) is 0 Å². The van der Waals surface area contributed by atoms with Gasteiger partial charge in [-0.15, -0.1) is 0 Å². The number of nitrogens with one attached hydrogen (secondary N) is 1. The van der Waals surface area contributed by atoms with Gasteiger partial charge in [-0.2, -0.15) is 0 Å². The van der Waals surface area contributed by atoms with E-state index < -0.39 is 11.6 Å². The topological polar surface area (TPSA) is 24.4 Å². The number of aliphatic imine (C=N–C) groups is 1. The number of amidine groups is 1. The lowest BCUT2D eigenvalue weighted by Gasteiger charge is -2.07. The van der Waals surface area contributed by atoms with Gasteiger partial charge in [0.1, 0.15) is 17.3 Å². The lowest BCUT2D eigenvalue weighted by atomic mass is 10.3. The van der Waals surface area contributed by atoms with Gasteiger partial charge in [0.15, 0.2) is 5.17 Å². The lowest BCUT2D eigenvalue weighted by molar-refractivity contribution is 0.591. The van der Waals surface area contributed by atoms with Crippen molar-refractivity contribution in [2.24, 2.45) is 4.99 Å². The molecule has 2 rings (SSSR count). The highest BCUT2D eigenvalue weighted by Crippen LogP contribution is 2.24. The maximum Gasteiger partial charge on any atom is 0.161 e. The van der Waals surface area contributed by atoms with Crippen molar-refractivity contribution in [1.82, 2.24) is 0 Å². The van der Waals surface area contributed by atoms with Gasteiger partial charge in [0.05, 0.1) is 6.54 Å². The Labute approximate surface area is 90.8 Å². The third kappa shape index (κ3) is 2.28. The molecular weight excluding hydrogens is 218 g/mol. The zero-order valence-corrected chi connectivity index (χ0v) is 8.94. The first-order chi connectivity index (χ1) is 7.16. The molecule has 15 heavy (non-hydrogen) atoms. The van der Waals surface area contributed by atoms with E-state index in [4.69, 9.17) is 0 Å². The molecule has 1 aliphatic heterocycles. The number of benzene rings is 1. The summed E-state index contributed by atoms with van der Waals surface area (Å²) in [5, 5.41) is 3.61. The summed E-state index contributed by atoms with van der Waals surface area (Å²) in [6, 6.07) is 3.77. The van der Waals surface area contributed by atoms with Gasteiger partial charge in [-0.3, -0.25) is 4.99 Å². The molecule has 0 fully saturated rings. The van der Waals surface area contributed by atoms with Crippen LogP contribution >= 0.6 is 11.8 Å². The first kappa shape index (κ1) is 10.4. The van der Waals surface area contributed by atoms with Crippen LogP contribution in [0.5, 0.6) is 0 Å². The Morgan fingerprint density at radius 3 is 2.60 bits per heavy atom. The SMILES string of the molecule is CC1CN=C(Nc2c(F)cccc2F)S1. The van der Waals surface area contributed by atoms with Crippen molar-refractivity contribution < 1.29 is 8.78 Å². The van der Waals surface area contributed by atoms with Crippen LogP contribution in [0.2, 0.25) is 0 Å². The molecule has 0 bridgehead atoms. The second kappa shape index (κ2) is 4.18. The fourth-order valence-corrected chi connectivity index (χ4v) is 2.11. The van der Waals surface area contributed by atoms with Gasteiger partial charge in [0, 0.05) is 5.25 Å². The molecule has 0 saturated carbocycles. The highest BCUT2D eigenvalue weighted by atomic mass is 32.2. The molecule has 0 aromatic heterocycles. The Kier molecular flexibility index (Phi) is 2.90. The van der Waals surface area contributed by atoms with Crippen molar-refractivity contribution in [3.63, 3.8) is 0 Å². The summed E-state index contributed by atoms with van der Waals surface area (Å²) >= 11 is 1.48. The van der Waals surface area contributed by atoms with E-state index in [0.717, 1.165) is 0 Å². The molecule has 0 aliphatic carbocycles. The van der Waals surface area contributed by atoms with Gasteiger partial charge in [0.2, 0.25) is 0 Å². The lowest BCUT2D eigenvalue weighted by Crippen LogP contribution is -2.09. The molecule has 80 valence electrons. The van der Waals surface area contributed by atoms with Crippen LogP contribution < -0.4 is 5.32 Å². The second-order valence-corrected chi connectivity index (χ2v) is 4.72. The van der Waals surface area contributed by atoms with Crippen molar-refractivity contribution in [2.75, 3.05) is 11.9 Å². The zero-order chi connectivity index (χ0) is 10.8. The van der Waals surface area contributed by atoms with Gasteiger partial charge in [0.25, 0.3) is 0 Å². The number of thioether (sulfide) groups is 1. The Hall–Kier alpha value is -1.10. The quantitative estimate of drug-likeness (QED) is 0.799. The predicted molar refractivity (Wildman–Crippen MR) is 59.3 cm³/mol. The van der Waals surface area contributed by atoms with Crippen LogP contribution in [0.25, 0.3) is 0 Å². The molecule has 1 atom stereocenters. The van der Waals surface area contributed by atoms with Crippen LogP contribution in [0.4, 0.5) is 14.5 Å². The largest absolute Gasteiger partial charge is 0.330 e. The Bertz CT molecular complexity index is 386. The van der Waals surface area contributed by atoms with Gasteiger partial charge in [-0.25, -0.2) is 8.78 Å². The summed E-state index contributed by atoms with van der Waals surface area (Å²) in [6.45, 7) is 2.70. The molecule has 1 aromatic carbocycles. The van der Waals surface area contributed by atoms with Gasteiger partial charge in [-0.05, 0) is 12.1 Å². The number of anilines is 1. The number of para-hydroxylation sites is 1. The normalized spacial score (nSPS) is 20.2. The highest BCUT2D eigenvalue weighted by Gasteiger charge is 2.17. The molecule has 1 N–H and O–H groups in total. The fourth-order valence-electron chi connectivity index (χ4n) is 1.27. The Morgan fingerprint density at radius 1 is 1.40 bits per heavy atom. The minimum atomic E-state index is -0.599. The molecule has 0 radical (unpaired) electrons. The smallest absolute Gasteiger partial charge is 0.161 e. The Morgan fingerprint density at radius 2 is 2.07 bits per heavy atom. The highest BCUT2D eigenvalue weighted by molar-refractivity contribution is 8.15. The van der Waals surface area contributed by atoms with E-state index >= 15 is 0 Å². The van der Waals surface area contributed by atoms with Gasteiger partial charge >= 0.3 is 0 Å². The van der Waals surface area contributed by atoms with Crippen LogP contribution in [-0.2, 0) is 0 Å². The summed E-state index contributed by atoms with van der Waals surface area (Å²) in [5.41, 5.74) is -0.127. The summed E-state index contributed by atoms with van der Waals surface area (Å²) in [6.07, 6.45) is 0.